The number of aromatic nitrogens is 1. The molecule has 1 aromatic heterocycles. The van der Waals surface area contributed by atoms with Gasteiger partial charge in [0, 0.05) is 30.1 Å². The van der Waals surface area contributed by atoms with Crippen molar-refractivity contribution in [2.45, 2.75) is 56.1 Å². The molecule has 3 aliphatic heterocycles. The minimum atomic E-state index is -0.746. The van der Waals surface area contributed by atoms with Crippen molar-refractivity contribution in [1.82, 2.24) is 14.8 Å². The second-order valence-corrected chi connectivity index (χ2v) is 10.00. The molecule has 1 N–H and O–H groups in total. The number of nitrogens with zero attached hydrogens (tertiary/aromatic N) is 2. The molecule has 3 aromatic rings. The molecule has 174 valence electrons. The van der Waals surface area contributed by atoms with Gasteiger partial charge in [0.2, 0.25) is 18.6 Å². The first-order valence-electron chi connectivity index (χ1n) is 12.2. The molecule has 0 unspecified atom stereocenters. The number of fused-ring (bicyclic) bond motifs is 5. The minimum Gasteiger partial charge on any atom is -0.454 e. The number of rotatable bonds is 1. The van der Waals surface area contributed by atoms with Gasteiger partial charge in [0.1, 0.15) is 11.6 Å². The van der Waals surface area contributed by atoms with Crippen molar-refractivity contribution in [1.29, 1.82) is 0 Å². The summed E-state index contributed by atoms with van der Waals surface area (Å²) in [5.41, 5.74) is 3.32. The Morgan fingerprint density at radius 3 is 2.65 bits per heavy atom. The van der Waals surface area contributed by atoms with E-state index in [0.717, 1.165) is 59.8 Å². The second kappa shape index (κ2) is 7.01. The molecule has 2 amide bonds. The molecule has 34 heavy (non-hydrogen) atoms. The van der Waals surface area contributed by atoms with Gasteiger partial charge in [-0.25, -0.2) is 0 Å². The zero-order chi connectivity index (χ0) is 23.0. The summed E-state index contributed by atoms with van der Waals surface area (Å²) >= 11 is 0. The average Bonchev–Trinajstić information content (AvgIpc) is 3.49. The average molecular weight is 458 g/mol. The van der Waals surface area contributed by atoms with E-state index in [-0.39, 0.29) is 24.6 Å². The van der Waals surface area contributed by atoms with Crippen molar-refractivity contribution in [2.75, 3.05) is 13.8 Å². The van der Waals surface area contributed by atoms with Crippen molar-refractivity contribution in [3.8, 4) is 11.5 Å². The van der Waals surface area contributed by atoms with Gasteiger partial charge in [-0.3, -0.25) is 9.59 Å². The molecule has 2 fully saturated rings. The summed E-state index contributed by atoms with van der Waals surface area (Å²) in [6.07, 6.45) is 5.02. The van der Waals surface area contributed by atoms with E-state index in [2.05, 4.69) is 17.1 Å². The molecule has 0 radical (unpaired) electrons. The van der Waals surface area contributed by atoms with Gasteiger partial charge in [0.25, 0.3) is 0 Å². The lowest BCUT2D eigenvalue weighted by Gasteiger charge is -2.55. The van der Waals surface area contributed by atoms with E-state index in [4.69, 9.17) is 9.47 Å². The Morgan fingerprint density at radius 1 is 1.00 bits per heavy atom. The number of ether oxygens (including phenoxy) is 2. The van der Waals surface area contributed by atoms with Crippen LogP contribution in [-0.4, -0.2) is 52.0 Å². The van der Waals surface area contributed by atoms with Gasteiger partial charge in [-0.2, -0.15) is 0 Å². The molecule has 1 saturated carbocycles. The van der Waals surface area contributed by atoms with Crippen LogP contribution in [0.1, 0.15) is 55.0 Å². The Morgan fingerprint density at radius 2 is 1.79 bits per heavy atom. The Hall–Kier alpha value is -3.48. The molecule has 7 rings (SSSR count). The number of benzene rings is 2. The molecule has 2 atom stereocenters. The lowest BCUT2D eigenvalue weighted by molar-refractivity contribution is -0.174. The normalized spacial score (nSPS) is 25.1. The Balaban J connectivity index is 1.45. The molecule has 1 spiro atoms. The number of amides is 2. The molecule has 4 aliphatic rings. The summed E-state index contributed by atoms with van der Waals surface area (Å²) in [4.78, 5) is 35.6. The lowest BCUT2D eigenvalue weighted by Crippen LogP contribution is -2.72. The van der Waals surface area contributed by atoms with Crippen LogP contribution in [-0.2, 0) is 16.0 Å². The molecule has 1 aliphatic carbocycles. The second-order valence-electron chi connectivity index (χ2n) is 10.00. The fraction of sp³-hybridized carbons (Fsp3) is 0.407. The van der Waals surface area contributed by atoms with E-state index in [1.165, 1.54) is 0 Å². The highest BCUT2D eigenvalue weighted by molar-refractivity contribution is 6.01. The molecule has 7 nitrogen and oxygen atoms in total. The third-order valence-corrected chi connectivity index (χ3v) is 8.41. The molecular weight excluding hydrogens is 430 g/mol. The fourth-order valence-electron chi connectivity index (χ4n) is 6.66. The van der Waals surface area contributed by atoms with Gasteiger partial charge in [-0.05, 0) is 42.2 Å². The first kappa shape index (κ1) is 19.9. The number of para-hydroxylation sites is 1. The summed E-state index contributed by atoms with van der Waals surface area (Å²) in [7, 11) is 1.84. The number of hydrogen-bond donors (Lipinski definition) is 1. The Kier molecular flexibility index (Phi) is 4.11. The zero-order valence-corrected chi connectivity index (χ0v) is 19.2. The first-order chi connectivity index (χ1) is 16.6. The molecule has 2 aromatic carbocycles. The van der Waals surface area contributed by atoms with Crippen molar-refractivity contribution in [3.63, 3.8) is 0 Å². The number of likely N-dealkylation sites (N-methyl/N-ethyl adjacent to an activating group) is 1. The van der Waals surface area contributed by atoms with Crippen LogP contribution in [0.4, 0.5) is 0 Å². The third-order valence-electron chi connectivity index (χ3n) is 8.41. The highest BCUT2D eigenvalue weighted by Crippen LogP contribution is 2.49. The van der Waals surface area contributed by atoms with Gasteiger partial charge in [-0.1, -0.05) is 43.5 Å². The molecule has 0 bridgehead atoms. The number of carbonyl (C=O) groups is 2. The smallest absolute Gasteiger partial charge is 0.250 e. The van der Waals surface area contributed by atoms with Crippen LogP contribution < -0.4 is 9.47 Å². The highest BCUT2D eigenvalue weighted by Gasteiger charge is 2.58. The largest absolute Gasteiger partial charge is 0.454 e. The molecule has 1 saturated heterocycles. The SMILES string of the molecule is CN1C(=O)[C@H]2Cc3c([nH]c4ccccc34)[C@@H](c3ccc4c(c3)OCO4)N2C(=O)C12CCCCC2. The zero-order valence-electron chi connectivity index (χ0n) is 19.2. The van der Waals surface area contributed by atoms with Crippen LogP contribution in [0, 0.1) is 0 Å². The quantitative estimate of drug-likeness (QED) is 0.601. The van der Waals surface area contributed by atoms with Gasteiger partial charge in [0.05, 0.1) is 6.04 Å². The van der Waals surface area contributed by atoms with E-state index in [1.807, 2.05) is 42.3 Å². The van der Waals surface area contributed by atoms with Crippen LogP contribution in [0.3, 0.4) is 0 Å². The predicted octanol–water partition coefficient (Wildman–Crippen LogP) is 3.91. The van der Waals surface area contributed by atoms with E-state index in [0.29, 0.717) is 17.9 Å². The summed E-state index contributed by atoms with van der Waals surface area (Å²) in [5, 5.41) is 1.11. The summed E-state index contributed by atoms with van der Waals surface area (Å²) in [6.45, 7) is 0.193. The highest BCUT2D eigenvalue weighted by atomic mass is 16.7. The van der Waals surface area contributed by atoms with Crippen molar-refractivity contribution in [2.24, 2.45) is 0 Å². The van der Waals surface area contributed by atoms with Crippen molar-refractivity contribution in [3.05, 3.63) is 59.3 Å². The Labute approximate surface area is 197 Å². The predicted molar refractivity (Wildman–Crippen MR) is 126 cm³/mol. The van der Waals surface area contributed by atoms with Crippen molar-refractivity contribution < 1.29 is 19.1 Å². The minimum absolute atomic E-state index is 0.0446. The van der Waals surface area contributed by atoms with Gasteiger partial charge < -0.3 is 24.3 Å². The van der Waals surface area contributed by atoms with E-state index in [1.54, 1.807) is 4.90 Å². The third kappa shape index (κ3) is 2.52. The Bertz CT molecular complexity index is 1340. The maximum absolute atomic E-state index is 14.4. The standard InChI is InChI=1S/C27H27N3O4/c1-29-25(31)20-14-18-17-7-3-4-8-19(17)28-23(18)24(16-9-10-21-22(13-16)34-15-33-21)30(20)26(32)27(29)11-5-2-6-12-27/h3-4,7-10,13,20,24,28H,2,5-6,11-12,14-15H2,1H3/t20-,24-/m1/s1. The summed E-state index contributed by atoms with van der Waals surface area (Å²) in [6, 6.07) is 13.1. The van der Waals surface area contributed by atoms with Crippen LogP contribution in [0.15, 0.2) is 42.5 Å². The maximum Gasteiger partial charge on any atom is 0.250 e. The summed E-state index contributed by atoms with van der Waals surface area (Å²) in [5.74, 6) is 1.50. The van der Waals surface area contributed by atoms with Crippen LogP contribution in [0.2, 0.25) is 0 Å². The van der Waals surface area contributed by atoms with E-state index < -0.39 is 11.6 Å². The molecular formula is C27H27N3O4. The number of nitrogens with one attached hydrogen (secondary N) is 1. The van der Waals surface area contributed by atoms with Gasteiger partial charge >= 0.3 is 0 Å². The number of carbonyl (C=O) groups excluding carboxylic acids is 2. The number of hydrogen-bond acceptors (Lipinski definition) is 4. The molecule has 7 heteroatoms. The van der Waals surface area contributed by atoms with Crippen molar-refractivity contribution >= 4 is 22.7 Å². The molecule has 4 heterocycles. The van der Waals surface area contributed by atoms with E-state index >= 15 is 0 Å². The number of H-pyrrole nitrogens is 1. The first-order valence-corrected chi connectivity index (χ1v) is 12.2. The lowest BCUT2D eigenvalue weighted by atomic mass is 9.74. The van der Waals surface area contributed by atoms with Crippen LogP contribution >= 0.6 is 0 Å². The van der Waals surface area contributed by atoms with Crippen LogP contribution in [0.5, 0.6) is 11.5 Å². The fourth-order valence-corrected chi connectivity index (χ4v) is 6.66. The number of piperazine rings is 1. The maximum atomic E-state index is 14.4. The number of aromatic amines is 1. The van der Waals surface area contributed by atoms with E-state index in [9.17, 15) is 9.59 Å². The summed E-state index contributed by atoms with van der Waals surface area (Å²) < 4.78 is 11.2. The van der Waals surface area contributed by atoms with Gasteiger partial charge in [0.15, 0.2) is 11.5 Å². The monoisotopic (exact) mass is 457 g/mol. The topological polar surface area (TPSA) is 74.9 Å². The van der Waals surface area contributed by atoms with Crippen LogP contribution in [0.25, 0.3) is 10.9 Å². The van der Waals surface area contributed by atoms with Gasteiger partial charge in [-0.15, -0.1) is 0 Å².